The summed E-state index contributed by atoms with van der Waals surface area (Å²) in [6, 6.07) is 8.30. The molecular formula is C16H21N3O3. The topological polar surface area (TPSA) is 80.4 Å². The molecule has 0 unspecified atom stereocenters. The van der Waals surface area contributed by atoms with E-state index in [1.54, 1.807) is 4.68 Å². The van der Waals surface area contributed by atoms with Crippen molar-refractivity contribution in [3.8, 4) is 11.3 Å². The number of aliphatic hydroxyl groups is 2. The molecule has 0 saturated carbocycles. The van der Waals surface area contributed by atoms with Crippen LogP contribution in [0.15, 0.2) is 30.5 Å². The normalized spacial score (nSPS) is 24.8. The lowest BCUT2D eigenvalue weighted by molar-refractivity contribution is -0.0489. The summed E-state index contributed by atoms with van der Waals surface area (Å²) in [6.45, 7) is 1.97. The Balaban J connectivity index is 1.73. The van der Waals surface area contributed by atoms with Gasteiger partial charge in [-0.25, -0.2) is 4.68 Å². The maximum absolute atomic E-state index is 9.78. The number of aromatic nitrogens is 3. The number of hydrogen-bond donors (Lipinski definition) is 2. The van der Waals surface area contributed by atoms with E-state index in [1.807, 2.05) is 18.3 Å². The van der Waals surface area contributed by atoms with Crippen molar-refractivity contribution in [1.82, 2.24) is 15.0 Å². The predicted octanol–water partition coefficient (Wildman–Crippen LogP) is 1.54. The Labute approximate surface area is 129 Å². The molecule has 0 bridgehead atoms. The third kappa shape index (κ3) is 3.04. The first kappa shape index (κ1) is 15.1. The predicted molar refractivity (Wildman–Crippen MR) is 81.1 cm³/mol. The standard InChI is InChI=1S/C16H21N3O3/c1-2-3-11-4-6-12(7-5-11)13-9-19(18-17-13)16-8-14(21)15(10-20)22-16/h4-7,9,14-16,20-21H,2-3,8,10H2,1H3/t14-,15+,16+/m0/s1. The molecule has 0 radical (unpaired) electrons. The summed E-state index contributed by atoms with van der Waals surface area (Å²) in [4.78, 5) is 0. The summed E-state index contributed by atoms with van der Waals surface area (Å²) in [5.41, 5.74) is 3.09. The molecule has 1 saturated heterocycles. The summed E-state index contributed by atoms with van der Waals surface area (Å²) >= 11 is 0. The van der Waals surface area contributed by atoms with E-state index < -0.39 is 12.2 Å². The molecule has 118 valence electrons. The van der Waals surface area contributed by atoms with Gasteiger partial charge in [-0.15, -0.1) is 5.10 Å². The average molecular weight is 303 g/mol. The van der Waals surface area contributed by atoms with Crippen LogP contribution in [-0.4, -0.2) is 44.0 Å². The summed E-state index contributed by atoms with van der Waals surface area (Å²) in [7, 11) is 0. The molecule has 22 heavy (non-hydrogen) atoms. The molecule has 0 spiro atoms. The number of aliphatic hydroxyl groups excluding tert-OH is 2. The van der Waals surface area contributed by atoms with Gasteiger partial charge in [-0.1, -0.05) is 42.8 Å². The smallest absolute Gasteiger partial charge is 0.155 e. The number of hydrogen-bond acceptors (Lipinski definition) is 5. The number of aryl methyl sites for hydroxylation is 1. The minimum Gasteiger partial charge on any atom is -0.394 e. The van der Waals surface area contributed by atoms with E-state index >= 15 is 0 Å². The highest BCUT2D eigenvalue weighted by molar-refractivity contribution is 5.57. The van der Waals surface area contributed by atoms with Gasteiger partial charge in [0.15, 0.2) is 6.23 Å². The third-order valence-corrected chi connectivity index (χ3v) is 3.98. The minimum absolute atomic E-state index is 0.196. The summed E-state index contributed by atoms with van der Waals surface area (Å²) in [6.07, 6.45) is 2.82. The van der Waals surface area contributed by atoms with E-state index in [0.29, 0.717) is 6.42 Å². The number of rotatable bonds is 5. The van der Waals surface area contributed by atoms with Crippen molar-refractivity contribution in [3.63, 3.8) is 0 Å². The Hall–Kier alpha value is -1.76. The zero-order valence-electron chi connectivity index (χ0n) is 12.6. The molecule has 3 rings (SSSR count). The van der Waals surface area contributed by atoms with Crippen LogP contribution in [-0.2, 0) is 11.2 Å². The second-order valence-corrected chi connectivity index (χ2v) is 5.65. The molecule has 6 heteroatoms. The highest BCUT2D eigenvalue weighted by atomic mass is 16.5. The van der Waals surface area contributed by atoms with Crippen LogP contribution in [0.2, 0.25) is 0 Å². The molecule has 1 aromatic heterocycles. The van der Waals surface area contributed by atoms with Crippen LogP contribution in [0.25, 0.3) is 11.3 Å². The van der Waals surface area contributed by atoms with E-state index in [2.05, 4.69) is 29.4 Å². The second-order valence-electron chi connectivity index (χ2n) is 5.65. The van der Waals surface area contributed by atoms with E-state index in [9.17, 15) is 5.11 Å². The monoisotopic (exact) mass is 303 g/mol. The highest BCUT2D eigenvalue weighted by Gasteiger charge is 2.35. The maximum Gasteiger partial charge on any atom is 0.155 e. The third-order valence-electron chi connectivity index (χ3n) is 3.98. The molecule has 1 aliphatic rings. The molecule has 2 heterocycles. The maximum atomic E-state index is 9.78. The van der Waals surface area contributed by atoms with Gasteiger partial charge in [0, 0.05) is 12.0 Å². The molecule has 2 N–H and O–H groups in total. The van der Waals surface area contributed by atoms with E-state index in [-0.39, 0.29) is 12.8 Å². The zero-order valence-corrected chi connectivity index (χ0v) is 12.6. The molecule has 6 nitrogen and oxygen atoms in total. The number of ether oxygens (including phenoxy) is 1. The van der Waals surface area contributed by atoms with Gasteiger partial charge in [0.1, 0.15) is 11.8 Å². The lowest BCUT2D eigenvalue weighted by Gasteiger charge is -2.11. The van der Waals surface area contributed by atoms with Crippen LogP contribution in [0.3, 0.4) is 0 Å². The molecule has 1 aromatic carbocycles. The second kappa shape index (κ2) is 6.56. The van der Waals surface area contributed by atoms with Crippen LogP contribution in [0, 0.1) is 0 Å². The van der Waals surface area contributed by atoms with Crippen molar-refractivity contribution in [1.29, 1.82) is 0 Å². The lowest BCUT2D eigenvalue weighted by atomic mass is 10.1. The van der Waals surface area contributed by atoms with Gasteiger partial charge >= 0.3 is 0 Å². The van der Waals surface area contributed by atoms with Gasteiger partial charge in [-0.2, -0.15) is 0 Å². The molecule has 2 aromatic rings. The van der Waals surface area contributed by atoms with E-state index in [0.717, 1.165) is 24.1 Å². The highest BCUT2D eigenvalue weighted by Crippen LogP contribution is 2.29. The molecule has 1 aliphatic heterocycles. The van der Waals surface area contributed by atoms with Gasteiger partial charge < -0.3 is 14.9 Å². The van der Waals surface area contributed by atoms with E-state index in [1.165, 1.54) is 5.56 Å². The Kier molecular flexibility index (Phi) is 4.52. The van der Waals surface area contributed by atoms with Crippen molar-refractivity contribution in [2.45, 2.75) is 44.6 Å². The Morgan fingerprint density at radius 1 is 1.32 bits per heavy atom. The van der Waals surface area contributed by atoms with Gasteiger partial charge in [0.05, 0.1) is 18.9 Å². The van der Waals surface area contributed by atoms with Crippen LogP contribution in [0.1, 0.15) is 31.6 Å². The van der Waals surface area contributed by atoms with Crippen molar-refractivity contribution in [2.75, 3.05) is 6.61 Å². The summed E-state index contributed by atoms with van der Waals surface area (Å²) < 4.78 is 7.17. The molecule has 0 aliphatic carbocycles. The lowest BCUT2D eigenvalue weighted by Crippen LogP contribution is -2.24. The average Bonchev–Trinajstić information content (AvgIpc) is 3.15. The molecule has 1 fully saturated rings. The Morgan fingerprint density at radius 2 is 2.09 bits per heavy atom. The SMILES string of the molecule is CCCc1ccc(-c2cn([C@H]3C[C@H](O)[C@@H](CO)O3)nn2)cc1. The van der Waals surface area contributed by atoms with Crippen LogP contribution >= 0.6 is 0 Å². The molecule has 0 amide bonds. The summed E-state index contributed by atoms with van der Waals surface area (Å²) in [5, 5.41) is 27.2. The number of nitrogens with zero attached hydrogens (tertiary/aromatic N) is 3. The first-order valence-corrected chi connectivity index (χ1v) is 7.66. The zero-order chi connectivity index (χ0) is 15.5. The quantitative estimate of drug-likeness (QED) is 0.876. The van der Waals surface area contributed by atoms with Crippen molar-refractivity contribution >= 4 is 0 Å². The fraction of sp³-hybridized carbons (Fsp3) is 0.500. The Bertz CT molecular complexity index is 611. The summed E-state index contributed by atoms with van der Waals surface area (Å²) in [5.74, 6) is 0. The van der Waals surface area contributed by atoms with Crippen molar-refractivity contribution in [2.24, 2.45) is 0 Å². The van der Waals surface area contributed by atoms with Gasteiger partial charge in [0.25, 0.3) is 0 Å². The minimum atomic E-state index is -0.670. The van der Waals surface area contributed by atoms with Gasteiger partial charge in [0.2, 0.25) is 0 Å². The van der Waals surface area contributed by atoms with Crippen molar-refractivity contribution in [3.05, 3.63) is 36.0 Å². The molecular weight excluding hydrogens is 282 g/mol. The fourth-order valence-corrected chi connectivity index (χ4v) is 2.72. The van der Waals surface area contributed by atoms with Crippen LogP contribution < -0.4 is 0 Å². The van der Waals surface area contributed by atoms with Gasteiger partial charge in [-0.3, -0.25) is 0 Å². The molecule has 3 atom stereocenters. The van der Waals surface area contributed by atoms with Crippen LogP contribution in [0.5, 0.6) is 0 Å². The first-order valence-electron chi connectivity index (χ1n) is 7.66. The van der Waals surface area contributed by atoms with Gasteiger partial charge in [-0.05, 0) is 12.0 Å². The van der Waals surface area contributed by atoms with Crippen LogP contribution in [0.4, 0.5) is 0 Å². The first-order chi connectivity index (χ1) is 10.7. The van der Waals surface area contributed by atoms with E-state index in [4.69, 9.17) is 9.84 Å². The van der Waals surface area contributed by atoms with Crippen molar-refractivity contribution < 1.29 is 14.9 Å². The Morgan fingerprint density at radius 3 is 2.73 bits per heavy atom. The number of benzene rings is 1. The fourth-order valence-electron chi connectivity index (χ4n) is 2.72. The largest absolute Gasteiger partial charge is 0.394 e.